The van der Waals surface area contributed by atoms with Crippen LogP contribution < -0.4 is 10.1 Å². The monoisotopic (exact) mass is 487 g/mol. The minimum Gasteiger partial charge on any atom is -0.496 e. The van der Waals surface area contributed by atoms with Gasteiger partial charge in [0.05, 0.1) is 36.5 Å². The van der Waals surface area contributed by atoms with Gasteiger partial charge >= 0.3 is 0 Å². The van der Waals surface area contributed by atoms with Crippen molar-refractivity contribution < 1.29 is 14.3 Å². The Morgan fingerprint density at radius 2 is 2.09 bits per heavy atom. The van der Waals surface area contributed by atoms with Crippen LogP contribution in [-0.4, -0.2) is 40.3 Å². The summed E-state index contributed by atoms with van der Waals surface area (Å²) in [5, 5.41) is 12.8. The lowest BCUT2D eigenvalue weighted by molar-refractivity contribution is -0.133. The molecule has 9 heteroatoms. The van der Waals surface area contributed by atoms with Crippen molar-refractivity contribution >= 4 is 28.3 Å². The molecule has 1 aromatic carbocycles. The van der Waals surface area contributed by atoms with Gasteiger partial charge in [-0.3, -0.25) is 19.9 Å². The fourth-order valence-corrected chi connectivity index (χ4v) is 5.47. The minimum atomic E-state index is -0.345. The van der Waals surface area contributed by atoms with Crippen LogP contribution >= 0.6 is 11.3 Å². The van der Waals surface area contributed by atoms with E-state index in [4.69, 9.17) is 4.74 Å². The lowest BCUT2D eigenvalue weighted by atomic mass is 9.97. The summed E-state index contributed by atoms with van der Waals surface area (Å²) in [4.78, 5) is 37.9. The fraction of sp³-hybridized carbons (Fsp3) is 0.346. The quantitative estimate of drug-likeness (QED) is 0.578. The zero-order valence-corrected chi connectivity index (χ0v) is 20.6. The van der Waals surface area contributed by atoms with E-state index in [1.165, 1.54) is 17.5 Å². The first kappa shape index (κ1) is 23.0. The summed E-state index contributed by atoms with van der Waals surface area (Å²) in [7, 11) is 1.55. The van der Waals surface area contributed by atoms with E-state index in [9.17, 15) is 14.9 Å². The third-order valence-corrected chi connectivity index (χ3v) is 7.59. The van der Waals surface area contributed by atoms with E-state index in [-0.39, 0.29) is 17.7 Å². The van der Waals surface area contributed by atoms with Crippen LogP contribution in [0.2, 0.25) is 0 Å². The number of fused-ring (bicyclic) bond motifs is 1. The number of amides is 2. The van der Waals surface area contributed by atoms with Gasteiger partial charge in [0.1, 0.15) is 5.75 Å². The zero-order valence-electron chi connectivity index (χ0n) is 19.8. The van der Waals surface area contributed by atoms with Gasteiger partial charge in [-0.15, -0.1) is 0 Å². The molecule has 1 saturated carbocycles. The van der Waals surface area contributed by atoms with Gasteiger partial charge < -0.3 is 9.64 Å². The number of benzene rings is 1. The largest absolute Gasteiger partial charge is 0.496 e. The van der Waals surface area contributed by atoms with Crippen LogP contribution in [0.25, 0.3) is 11.1 Å². The van der Waals surface area contributed by atoms with Crippen LogP contribution in [0.3, 0.4) is 0 Å². The van der Waals surface area contributed by atoms with Gasteiger partial charge in [0.2, 0.25) is 5.91 Å². The molecule has 0 saturated heterocycles. The molecule has 2 atom stereocenters. The molecular formula is C26H25N5O3S. The van der Waals surface area contributed by atoms with Crippen molar-refractivity contribution in [2.24, 2.45) is 11.8 Å². The maximum Gasteiger partial charge on any atom is 0.259 e. The molecule has 5 rings (SSSR count). The number of methoxy groups -OCH3 is 1. The molecule has 35 heavy (non-hydrogen) atoms. The van der Waals surface area contributed by atoms with Gasteiger partial charge in [0, 0.05) is 46.8 Å². The highest BCUT2D eigenvalue weighted by Crippen LogP contribution is 2.40. The third-order valence-electron chi connectivity index (χ3n) is 6.59. The Kier molecular flexibility index (Phi) is 5.99. The Labute approximate surface area is 207 Å². The van der Waals surface area contributed by atoms with E-state index in [1.54, 1.807) is 25.3 Å². The third kappa shape index (κ3) is 4.49. The first-order chi connectivity index (χ1) is 16.9. The van der Waals surface area contributed by atoms with E-state index >= 15 is 0 Å². The molecule has 178 valence electrons. The van der Waals surface area contributed by atoms with E-state index in [2.05, 4.69) is 28.3 Å². The number of anilines is 1. The summed E-state index contributed by atoms with van der Waals surface area (Å²) in [5.41, 5.74) is 3.76. The molecule has 1 aliphatic heterocycles. The highest BCUT2D eigenvalue weighted by atomic mass is 32.1. The maximum absolute atomic E-state index is 13.3. The second-order valence-corrected chi connectivity index (χ2v) is 10.2. The summed E-state index contributed by atoms with van der Waals surface area (Å²) >= 11 is 1.41. The summed E-state index contributed by atoms with van der Waals surface area (Å²) in [6, 6.07) is 9.04. The topological polar surface area (TPSA) is 108 Å². The van der Waals surface area contributed by atoms with Crippen LogP contribution in [-0.2, 0) is 17.8 Å². The van der Waals surface area contributed by atoms with Gasteiger partial charge in [-0.2, -0.15) is 5.26 Å². The SMILES string of the molecule is COc1ccc(C#N)cc1-c1cc(C)ncc1C(=O)Nc1nc2c(s1)CN(C(=O)C1CC1C)CC2. The van der Waals surface area contributed by atoms with Gasteiger partial charge in [0.15, 0.2) is 5.13 Å². The first-order valence-corrected chi connectivity index (χ1v) is 12.3. The van der Waals surface area contributed by atoms with Gasteiger partial charge in [-0.05, 0) is 43.5 Å². The van der Waals surface area contributed by atoms with Crippen LogP contribution in [0, 0.1) is 30.1 Å². The van der Waals surface area contributed by atoms with Crippen LogP contribution in [0.15, 0.2) is 30.5 Å². The van der Waals surface area contributed by atoms with Gasteiger partial charge in [-0.1, -0.05) is 18.3 Å². The van der Waals surface area contributed by atoms with Crippen LogP contribution in [0.5, 0.6) is 5.75 Å². The van der Waals surface area contributed by atoms with E-state index < -0.39 is 0 Å². The second-order valence-electron chi connectivity index (χ2n) is 9.07. The molecule has 0 spiro atoms. The van der Waals surface area contributed by atoms with Crippen molar-refractivity contribution in [1.82, 2.24) is 14.9 Å². The molecule has 1 aliphatic carbocycles. The Morgan fingerprint density at radius 1 is 1.29 bits per heavy atom. The normalized spacial score (nSPS) is 18.4. The van der Waals surface area contributed by atoms with Crippen molar-refractivity contribution in [3.05, 3.63) is 57.9 Å². The first-order valence-electron chi connectivity index (χ1n) is 11.5. The Balaban J connectivity index is 1.40. The smallest absolute Gasteiger partial charge is 0.259 e. The number of aromatic nitrogens is 2. The molecule has 1 fully saturated rings. The molecule has 3 heterocycles. The minimum absolute atomic E-state index is 0.160. The predicted octanol–water partition coefficient (Wildman–Crippen LogP) is 4.19. The second kappa shape index (κ2) is 9.12. The average Bonchev–Trinajstić information content (AvgIpc) is 3.46. The Hall–Kier alpha value is -3.77. The number of aryl methyl sites for hydroxylation is 1. The predicted molar refractivity (Wildman–Crippen MR) is 132 cm³/mol. The lowest BCUT2D eigenvalue weighted by Crippen LogP contribution is -2.36. The Bertz CT molecular complexity index is 1380. The molecule has 2 aliphatic rings. The number of nitrogens with zero attached hydrogens (tertiary/aromatic N) is 4. The molecular weight excluding hydrogens is 462 g/mol. The number of pyridine rings is 1. The number of nitrogens with one attached hydrogen (secondary N) is 1. The summed E-state index contributed by atoms with van der Waals surface area (Å²) in [5.74, 6) is 1.08. The van der Waals surface area contributed by atoms with Crippen molar-refractivity contribution in [1.29, 1.82) is 5.26 Å². The van der Waals surface area contributed by atoms with Crippen molar-refractivity contribution in [2.75, 3.05) is 19.0 Å². The van der Waals surface area contributed by atoms with E-state index in [0.29, 0.717) is 58.6 Å². The van der Waals surface area contributed by atoms with Crippen LogP contribution in [0.4, 0.5) is 5.13 Å². The van der Waals surface area contributed by atoms with E-state index in [0.717, 1.165) is 22.7 Å². The lowest BCUT2D eigenvalue weighted by Gasteiger charge is -2.26. The number of hydrogen-bond donors (Lipinski definition) is 1. The van der Waals surface area contributed by atoms with Crippen molar-refractivity contribution in [3.8, 4) is 22.9 Å². The molecule has 3 aromatic rings. The fourth-order valence-electron chi connectivity index (χ4n) is 4.45. The molecule has 1 N–H and O–H groups in total. The summed E-state index contributed by atoms with van der Waals surface area (Å²) in [6.45, 7) is 5.16. The highest BCUT2D eigenvalue weighted by Gasteiger charge is 2.42. The summed E-state index contributed by atoms with van der Waals surface area (Å²) in [6.07, 6.45) is 3.19. The highest BCUT2D eigenvalue weighted by molar-refractivity contribution is 7.15. The average molecular weight is 488 g/mol. The number of rotatable bonds is 5. The maximum atomic E-state index is 13.3. The van der Waals surface area contributed by atoms with Gasteiger partial charge in [0.25, 0.3) is 5.91 Å². The number of thiazole rings is 1. The molecule has 2 aromatic heterocycles. The van der Waals surface area contributed by atoms with Gasteiger partial charge in [-0.25, -0.2) is 4.98 Å². The number of ether oxygens (including phenoxy) is 1. The Morgan fingerprint density at radius 3 is 2.80 bits per heavy atom. The number of hydrogen-bond acceptors (Lipinski definition) is 7. The molecule has 8 nitrogen and oxygen atoms in total. The summed E-state index contributed by atoms with van der Waals surface area (Å²) < 4.78 is 5.50. The van der Waals surface area contributed by atoms with Crippen molar-refractivity contribution in [3.63, 3.8) is 0 Å². The molecule has 2 unspecified atom stereocenters. The molecule has 0 bridgehead atoms. The number of nitriles is 1. The molecule has 0 radical (unpaired) electrons. The van der Waals surface area contributed by atoms with Crippen LogP contribution in [0.1, 0.15) is 45.5 Å². The number of carbonyl (C=O) groups is 2. The standard InChI is InChI=1S/C26H25N5O3S/c1-14-8-17(14)25(33)31-7-6-21-23(13-31)35-26(29-21)30-24(32)20-12-28-15(2)9-18(20)19-10-16(11-27)4-5-22(19)34-3/h4-5,9-10,12,14,17H,6-8,13H2,1-3H3,(H,29,30,32). The zero-order chi connectivity index (χ0) is 24.7. The number of carbonyl (C=O) groups excluding carboxylic acids is 2. The van der Waals surface area contributed by atoms with Crippen molar-refractivity contribution in [2.45, 2.75) is 33.2 Å². The molecule has 2 amide bonds. The van der Waals surface area contributed by atoms with E-state index in [1.807, 2.05) is 17.9 Å².